The largest absolute Gasteiger partial charge is 0.464 e. The van der Waals surface area contributed by atoms with E-state index in [1.165, 1.54) is 7.11 Å². The number of ether oxygens (including phenoxy) is 4. The van der Waals surface area contributed by atoms with E-state index in [1.54, 1.807) is 6.33 Å². The van der Waals surface area contributed by atoms with Crippen LogP contribution in [-0.4, -0.2) is 29.4 Å². The van der Waals surface area contributed by atoms with Crippen LogP contribution in [0.5, 0.6) is 11.5 Å². The number of benzene rings is 1. The predicted octanol–water partition coefficient (Wildman–Crippen LogP) is 1.67. The molecule has 1 atom stereocenters. The Balaban J connectivity index is 1.60. The second-order valence-electron chi connectivity index (χ2n) is 5.10. The van der Waals surface area contributed by atoms with E-state index >= 15 is 0 Å². The zero-order valence-corrected chi connectivity index (χ0v) is 11.9. The van der Waals surface area contributed by atoms with Crippen LogP contribution in [0.25, 0.3) is 0 Å². The quantitative estimate of drug-likeness (QED) is 0.786. The molecule has 0 N–H and O–H groups in total. The van der Waals surface area contributed by atoms with Gasteiger partial charge >= 0.3 is 5.97 Å². The first-order valence-corrected chi connectivity index (χ1v) is 6.89. The average molecular weight is 302 g/mol. The van der Waals surface area contributed by atoms with Gasteiger partial charge in [-0.05, 0) is 17.7 Å². The highest BCUT2D eigenvalue weighted by Gasteiger charge is 2.27. The van der Waals surface area contributed by atoms with Crippen molar-refractivity contribution in [3.05, 3.63) is 41.5 Å². The Kier molecular flexibility index (Phi) is 3.00. The van der Waals surface area contributed by atoms with Gasteiger partial charge in [0.15, 0.2) is 17.2 Å². The Labute approximate surface area is 126 Å². The lowest BCUT2D eigenvalue weighted by molar-refractivity contribution is 0.00194. The highest BCUT2D eigenvalue weighted by molar-refractivity contribution is 5.88. The molecule has 7 heteroatoms. The van der Waals surface area contributed by atoms with E-state index in [4.69, 9.17) is 18.9 Å². The molecule has 0 bridgehead atoms. The van der Waals surface area contributed by atoms with Gasteiger partial charge in [-0.3, -0.25) is 0 Å². The molecular formula is C15H14N2O5. The van der Waals surface area contributed by atoms with Crippen molar-refractivity contribution in [3.8, 4) is 11.5 Å². The molecule has 114 valence electrons. The molecule has 7 nitrogen and oxygen atoms in total. The monoisotopic (exact) mass is 302 g/mol. The molecule has 2 aromatic rings. The molecule has 1 unspecified atom stereocenters. The minimum Gasteiger partial charge on any atom is -0.464 e. The maximum atomic E-state index is 11.6. The molecule has 0 saturated heterocycles. The first kappa shape index (κ1) is 13.1. The fraction of sp³-hybridized carbons (Fsp3) is 0.333. The minimum absolute atomic E-state index is 0.123. The summed E-state index contributed by atoms with van der Waals surface area (Å²) in [5, 5.41) is 0. The predicted molar refractivity (Wildman–Crippen MR) is 73.7 cm³/mol. The van der Waals surface area contributed by atoms with E-state index < -0.39 is 5.97 Å². The zero-order valence-electron chi connectivity index (χ0n) is 11.9. The summed E-state index contributed by atoms with van der Waals surface area (Å²) in [6, 6.07) is 5.77. The third-order valence-corrected chi connectivity index (χ3v) is 3.88. The number of hydrogen-bond donors (Lipinski definition) is 0. The average Bonchev–Trinajstić information content (AvgIpc) is 3.19. The first-order valence-electron chi connectivity index (χ1n) is 6.89. The number of rotatable bonds is 2. The van der Waals surface area contributed by atoms with E-state index in [0.29, 0.717) is 18.8 Å². The summed E-state index contributed by atoms with van der Waals surface area (Å²) in [6.07, 6.45) is 1.52. The van der Waals surface area contributed by atoms with Gasteiger partial charge in [0.25, 0.3) is 0 Å². The fourth-order valence-corrected chi connectivity index (χ4v) is 2.71. The molecule has 22 heavy (non-hydrogen) atoms. The van der Waals surface area contributed by atoms with Gasteiger partial charge in [0.2, 0.25) is 6.79 Å². The summed E-state index contributed by atoms with van der Waals surface area (Å²) >= 11 is 0. The minimum atomic E-state index is -0.445. The van der Waals surface area contributed by atoms with E-state index in [-0.39, 0.29) is 12.9 Å². The Bertz CT molecular complexity index is 740. The zero-order chi connectivity index (χ0) is 15.1. The van der Waals surface area contributed by atoms with E-state index in [2.05, 4.69) is 4.98 Å². The van der Waals surface area contributed by atoms with Crippen molar-refractivity contribution in [2.24, 2.45) is 0 Å². The number of methoxy groups -OCH3 is 1. The van der Waals surface area contributed by atoms with Gasteiger partial charge in [0.05, 0.1) is 32.3 Å². The third-order valence-electron chi connectivity index (χ3n) is 3.88. The van der Waals surface area contributed by atoms with Crippen LogP contribution >= 0.6 is 0 Å². The number of aromatic nitrogens is 2. The molecule has 0 radical (unpaired) electrons. The Morgan fingerprint density at radius 1 is 1.36 bits per heavy atom. The van der Waals surface area contributed by atoms with Crippen molar-refractivity contribution < 1.29 is 23.7 Å². The summed E-state index contributed by atoms with van der Waals surface area (Å²) in [5.41, 5.74) is 2.05. The second kappa shape index (κ2) is 5.03. The standard InChI is InChI=1S/C15H14N2O5/c1-19-15(18)14-10-6-20-13(5-17(10)7-16-14)9-2-3-11-12(4-9)22-8-21-11/h2-4,7,13H,5-6,8H2,1H3. The number of carbonyl (C=O) groups is 1. The molecule has 4 rings (SSSR count). The number of nitrogens with zero attached hydrogens (tertiary/aromatic N) is 2. The van der Waals surface area contributed by atoms with Crippen LogP contribution in [0.3, 0.4) is 0 Å². The van der Waals surface area contributed by atoms with Crippen molar-refractivity contribution >= 4 is 5.97 Å². The van der Waals surface area contributed by atoms with Crippen LogP contribution in [-0.2, 0) is 22.6 Å². The van der Waals surface area contributed by atoms with Crippen molar-refractivity contribution in [2.45, 2.75) is 19.3 Å². The molecule has 1 aromatic heterocycles. The SMILES string of the molecule is COC(=O)c1ncn2c1COC(c1ccc3c(c1)OCO3)C2. The van der Waals surface area contributed by atoms with Crippen LogP contribution in [0.1, 0.15) is 27.8 Å². The summed E-state index contributed by atoms with van der Waals surface area (Å²) in [7, 11) is 1.34. The second-order valence-corrected chi connectivity index (χ2v) is 5.10. The molecular weight excluding hydrogens is 288 g/mol. The Morgan fingerprint density at radius 2 is 2.23 bits per heavy atom. The van der Waals surface area contributed by atoms with Gasteiger partial charge in [-0.15, -0.1) is 0 Å². The van der Waals surface area contributed by atoms with Gasteiger partial charge < -0.3 is 23.5 Å². The lowest BCUT2D eigenvalue weighted by Gasteiger charge is -2.25. The van der Waals surface area contributed by atoms with Crippen molar-refractivity contribution in [1.29, 1.82) is 0 Å². The molecule has 0 saturated carbocycles. The number of fused-ring (bicyclic) bond motifs is 2. The van der Waals surface area contributed by atoms with Gasteiger partial charge in [0, 0.05) is 0 Å². The van der Waals surface area contributed by atoms with Crippen LogP contribution in [0.2, 0.25) is 0 Å². The maximum Gasteiger partial charge on any atom is 0.358 e. The van der Waals surface area contributed by atoms with E-state index in [0.717, 1.165) is 22.8 Å². The first-order chi connectivity index (χ1) is 10.8. The van der Waals surface area contributed by atoms with Crippen LogP contribution < -0.4 is 9.47 Å². The van der Waals surface area contributed by atoms with Crippen LogP contribution in [0, 0.1) is 0 Å². The molecule has 0 aliphatic carbocycles. The van der Waals surface area contributed by atoms with Crippen molar-refractivity contribution in [1.82, 2.24) is 9.55 Å². The third kappa shape index (κ3) is 2.01. The number of esters is 1. The van der Waals surface area contributed by atoms with Gasteiger partial charge in [-0.2, -0.15) is 0 Å². The normalized spacial score (nSPS) is 18.9. The Morgan fingerprint density at radius 3 is 3.09 bits per heavy atom. The fourth-order valence-electron chi connectivity index (χ4n) is 2.71. The molecule has 0 fully saturated rings. The molecule has 0 amide bonds. The van der Waals surface area contributed by atoms with Crippen molar-refractivity contribution in [2.75, 3.05) is 13.9 Å². The molecule has 2 aliphatic heterocycles. The van der Waals surface area contributed by atoms with E-state index in [9.17, 15) is 4.79 Å². The Hall–Kier alpha value is -2.54. The molecule has 3 heterocycles. The number of imidazole rings is 1. The summed E-state index contributed by atoms with van der Waals surface area (Å²) < 4.78 is 23.2. The summed E-state index contributed by atoms with van der Waals surface area (Å²) in [4.78, 5) is 15.8. The smallest absolute Gasteiger partial charge is 0.358 e. The highest BCUT2D eigenvalue weighted by atomic mass is 16.7. The lowest BCUT2D eigenvalue weighted by Crippen LogP contribution is -2.22. The summed E-state index contributed by atoms with van der Waals surface area (Å²) in [6.45, 7) is 1.14. The molecule has 0 spiro atoms. The molecule has 1 aromatic carbocycles. The summed E-state index contributed by atoms with van der Waals surface area (Å²) in [5.74, 6) is 1.03. The highest BCUT2D eigenvalue weighted by Crippen LogP contribution is 2.36. The number of hydrogen-bond acceptors (Lipinski definition) is 6. The van der Waals surface area contributed by atoms with E-state index in [1.807, 2.05) is 22.8 Å². The van der Waals surface area contributed by atoms with Gasteiger partial charge in [-0.25, -0.2) is 9.78 Å². The lowest BCUT2D eigenvalue weighted by atomic mass is 10.1. The van der Waals surface area contributed by atoms with Crippen LogP contribution in [0.4, 0.5) is 0 Å². The van der Waals surface area contributed by atoms with Gasteiger partial charge in [0.1, 0.15) is 6.10 Å². The topological polar surface area (TPSA) is 71.8 Å². The maximum absolute atomic E-state index is 11.6. The molecule has 2 aliphatic rings. The van der Waals surface area contributed by atoms with Crippen LogP contribution in [0.15, 0.2) is 24.5 Å². The van der Waals surface area contributed by atoms with Crippen molar-refractivity contribution in [3.63, 3.8) is 0 Å². The van der Waals surface area contributed by atoms with Gasteiger partial charge in [-0.1, -0.05) is 6.07 Å². The number of carbonyl (C=O) groups excluding carboxylic acids is 1.